The van der Waals surface area contributed by atoms with Gasteiger partial charge in [-0.1, -0.05) is 13.0 Å². The second kappa shape index (κ2) is 10.1. The first-order valence-electron chi connectivity index (χ1n) is 10.3. The molecule has 0 aliphatic carbocycles. The molecule has 7 heteroatoms. The number of amides is 1. The van der Waals surface area contributed by atoms with Crippen LogP contribution in [0.2, 0.25) is 0 Å². The molecule has 1 aromatic carbocycles. The molecule has 1 aliphatic heterocycles. The molecule has 1 atom stereocenters. The largest absolute Gasteiger partial charge is 0.493 e. The summed E-state index contributed by atoms with van der Waals surface area (Å²) in [7, 11) is 3.22. The minimum Gasteiger partial charge on any atom is -0.493 e. The maximum absolute atomic E-state index is 12.4. The number of methoxy groups -OCH3 is 2. The van der Waals surface area contributed by atoms with Gasteiger partial charge in [0, 0.05) is 19.1 Å². The molecular formula is C22H30N4O3. The van der Waals surface area contributed by atoms with Crippen molar-refractivity contribution in [2.45, 2.75) is 45.1 Å². The van der Waals surface area contributed by atoms with Crippen molar-refractivity contribution in [1.29, 1.82) is 0 Å². The number of anilines is 1. The average molecular weight is 399 g/mol. The summed E-state index contributed by atoms with van der Waals surface area (Å²) in [5.41, 5.74) is 1.39. The third-order valence-corrected chi connectivity index (χ3v) is 5.42. The number of ether oxygens (including phenoxy) is 2. The quantitative estimate of drug-likeness (QED) is 0.736. The first-order valence-corrected chi connectivity index (χ1v) is 10.3. The summed E-state index contributed by atoms with van der Waals surface area (Å²) < 4.78 is 10.6. The van der Waals surface area contributed by atoms with Gasteiger partial charge in [0.15, 0.2) is 23.0 Å². The Hall–Kier alpha value is -2.83. The zero-order valence-electron chi connectivity index (χ0n) is 17.5. The lowest BCUT2D eigenvalue weighted by molar-refractivity contribution is 0.0948. The number of hydrogen-bond donors (Lipinski definition) is 1. The van der Waals surface area contributed by atoms with Crippen LogP contribution >= 0.6 is 0 Å². The number of rotatable bonds is 8. The molecule has 0 bridgehead atoms. The topological polar surface area (TPSA) is 76.6 Å². The highest BCUT2D eigenvalue weighted by molar-refractivity contribution is 5.92. The van der Waals surface area contributed by atoms with E-state index in [2.05, 4.69) is 27.3 Å². The molecule has 0 saturated carbocycles. The Labute approximate surface area is 172 Å². The normalized spacial score (nSPS) is 16.4. The summed E-state index contributed by atoms with van der Waals surface area (Å²) in [5.74, 6) is 2.02. The van der Waals surface area contributed by atoms with Crippen molar-refractivity contribution >= 4 is 11.7 Å². The van der Waals surface area contributed by atoms with Gasteiger partial charge in [-0.2, -0.15) is 0 Å². The van der Waals surface area contributed by atoms with E-state index in [1.54, 1.807) is 20.3 Å². The summed E-state index contributed by atoms with van der Waals surface area (Å²) in [6, 6.07) is 9.93. The fourth-order valence-corrected chi connectivity index (χ4v) is 3.77. The zero-order valence-corrected chi connectivity index (χ0v) is 17.5. The fourth-order valence-electron chi connectivity index (χ4n) is 3.77. The second-order valence-electron chi connectivity index (χ2n) is 7.22. The summed E-state index contributed by atoms with van der Waals surface area (Å²) >= 11 is 0. The highest BCUT2D eigenvalue weighted by Gasteiger charge is 2.22. The number of carbonyl (C=O) groups is 1. The molecule has 1 unspecified atom stereocenters. The Bertz CT molecular complexity index is 810. The highest BCUT2D eigenvalue weighted by Crippen LogP contribution is 2.27. The van der Waals surface area contributed by atoms with Gasteiger partial charge in [0.05, 0.1) is 14.2 Å². The minimum absolute atomic E-state index is 0.213. The first kappa shape index (κ1) is 20.9. The summed E-state index contributed by atoms with van der Waals surface area (Å²) in [5, 5.41) is 11.4. The van der Waals surface area contributed by atoms with Gasteiger partial charge in [0.1, 0.15) is 0 Å². The Morgan fingerprint density at radius 3 is 2.66 bits per heavy atom. The molecule has 2 aromatic rings. The Morgan fingerprint density at radius 2 is 1.97 bits per heavy atom. The maximum Gasteiger partial charge on any atom is 0.271 e. The minimum atomic E-state index is -0.213. The van der Waals surface area contributed by atoms with Crippen LogP contribution in [0.3, 0.4) is 0 Å². The van der Waals surface area contributed by atoms with Crippen molar-refractivity contribution in [3.8, 4) is 11.5 Å². The number of benzene rings is 1. The van der Waals surface area contributed by atoms with Gasteiger partial charge >= 0.3 is 0 Å². The van der Waals surface area contributed by atoms with Crippen LogP contribution in [-0.4, -0.2) is 49.5 Å². The van der Waals surface area contributed by atoms with Crippen LogP contribution in [0.25, 0.3) is 0 Å². The van der Waals surface area contributed by atoms with Crippen molar-refractivity contribution in [3.05, 3.63) is 41.6 Å². The van der Waals surface area contributed by atoms with E-state index in [0.29, 0.717) is 36.2 Å². The molecule has 0 spiro atoms. The molecule has 156 valence electrons. The third kappa shape index (κ3) is 5.16. The molecule has 3 rings (SSSR count). The van der Waals surface area contributed by atoms with Crippen LogP contribution in [0, 0.1) is 0 Å². The number of nitrogens with one attached hydrogen (secondary N) is 1. The maximum atomic E-state index is 12.4. The lowest BCUT2D eigenvalue weighted by atomic mass is 10.0. The molecule has 1 N–H and O–H groups in total. The average Bonchev–Trinajstić information content (AvgIpc) is 2.78. The summed E-state index contributed by atoms with van der Waals surface area (Å²) in [6.45, 7) is 3.71. The van der Waals surface area contributed by atoms with E-state index in [9.17, 15) is 4.79 Å². The molecule has 1 amide bonds. The standard InChI is InChI=1S/C22H30N4O3/c1-4-17-7-5-6-14-26(17)21-11-9-18(24-25-21)22(27)23-13-12-16-8-10-19(28-2)20(15-16)29-3/h8-11,15,17H,4-7,12-14H2,1-3H3,(H,23,27). The molecule has 1 aromatic heterocycles. The van der Waals surface area contributed by atoms with Crippen LogP contribution in [0.1, 0.15) is 48.7 Å². The lowest BCUT2D eigenvalue weighted by Gasteiger charge is -2.35. The fraction of sp³-hybridized carbons (Fsp3) is 0.500. The van der Waals surface area contributed by atoms with Crippen LogP contribution < -0.4 is 19.7 Å². The Balaban J connectivity index is 1.54. The molecule has 2 heterocycles. The van der Waals surface area contributed by atoms with E-state index in [-0.39, 0.29) is 5.91 Å². The Morgan fingerprint density at radius 1 is 1.14 bits per heavy atom. The number of carbonyl (C=O) groups excluding carboxylic acids is 1. The number of hydrogen-bond acceptors (Lipinski definition) is 6. The number of piperidine rings is 1. The van der Waals surface area contributed by atoms with Crippen molar-refractivity contribution < 1.29 is 14.3 Å². The SMILES string of the molecule is CCC1CCCCN1c1ccc(C(=O)NCCc2ccc(OC)c(OC)c2)nn1. The van der Waals surface area contributed by atoms with Gasteiger partial charge < -0.3 is 19.7 Å². The molecular weight excluding hydrogens is 368 g/mol. The molecule has 0 radical (unpaired) electrons. The van der Waals surface area contributed by atoms with Gasteiger partial charge in [-0.3, -0.25) is 4.79 Å². The van der Waals surface area contributed by atoms with Gasteiger partial charge in [-0.15, -0.1) is 10.2 Å². The van der Waals surface area contributed by atoms with E-state index < -0.39 is 0 Å². The monoisotopic (exact) mass is 398 g/mol. The van der Waals surface area contributed by atoms with E-state index in [0.717, 1.165) is 24.3 Å². The lowest BCUT2D eigenvalue weighted by Crippen LogP contribution is -2.39. The summed E-state index contributed by atoms with van der Waals surface area (Å²) in [4.78, 5) is 14.7. The molecule has 1 aliphatic rings. The van der Waals surface area contributed by atoms with Crippen LogP contribution in [0.15, 0.2) is 30.3 Å². The van der Waals surface area contributed by atoms with E-state index in [1.807, 2.05) is 24.3 Å². The Kier molecular flexibility index (Phi) is 7.27. The van der Waals surface area contributed by atoms with Crippen molar-refractivity contribution in [1.82, 2.24) is 15.5 Å². The third-order valence-electron chi connectivity index (χ3n) is 5.42. The van der Waals surface area contributed by atoms with Crippen LogP contribution in [0.5, 0.6) is 11.5 Å². The smallest absolute Gasteiger partial charge is 0.271 e. The molecule has 1 saturated heterocycles. The van der Waals surface area contributed by atoms with Crippen LogP contribution in [0.4, 0.5) is 5.82 Å². The van der Waals surface area contributed by atoms with Gasteiger partial charge in [-0.25, -0.2) is 0 Å². The second-order valence-corrected chi connectivity index (χ2v) is 7.22. The molecule has 1 fully saturated rings. The number of aromatic nitrogens is 2. The van der Waals surface area contributed by atoms with Gasteiger partial charge in [-0.05, 0) is 61.9 Å². The first-order chi connectivity index (χ1) is 14.2. The summed E-state index contributed by atoms with van der Waals surface area (Å²) in [6.07, 6.45) is 5.42. The molecule has 29 heavy (non-hydrogen) atoms. The number of nitrogens with zero attached hydrogens (tertiary/aromatic N) is 3. The van der Waals surface area contributed by atoms with Crippen LogP contribution in [-0.2, 0) is 6.42 Å². The van der Waals surface area contributed by atoms with E-state index in [4.69, 9.17) is 9.47 Å². The molecule has 7 nitrogen and oxygen atoms in total. The van der Waals surface area contributed by atoms with Gasteiger partial charge in [0.25, 0.3) is 5.91 Å². The van der Waals surface area contributed by atoms with Crippen molar-refractivity contribution in [2.75, 3.05) is 32.2 Å². The predicted molar refractivity (Wildman–Crippen MR) is 113 cm³/mol. The predicted octanol–water partition coefficient (Wildman–Crippen LogP) is 3.24. The zero-order chi connectivity index (χ0) is 20.6. The highest BCUT2D eigenvalue weighted by atomic mass is 16.5. The van der Waals surface area contributed by atoms with Crippen molar-refractivity contribution in [3.63, 3.8) is 0 Å². The van der Waals surface area contributed by atoms with Crippen molar-refractivity contribution in [2.24, 2.45) is 0 Å². The van der Waals surface area contributed by atoms with Gasteiger partial charge in [0.2, 0.25) is 0 Å². The van der Waals surface area contributed by atoms with E-state index in [1.165, 1.54) is 19.3 Å². The van der Waals surface area contributed by atoms with E-state index >= 15 is 0 Å².